The molecule has 0 aliphatic rings. The quantitative estimate of drug-likeness (QED) is 0.639. The van der Waals surface area contributed by atoms with E-state index in [-0.39, 0.29) is 5.91 Å². The fourth-order valence-corrected chi connectivity index (χ4v) is 2.66. The Hall–Kier alpha value is -2.20. The highest BCUT2D eigenvalue weighted by molar-refractivity contribution is 6.30. The maximum atomic E-state index is 12.3. The maximum Gasteiger partial charge on any atom is 0.261 e. The second kappa shape index (κ2) is 10.1. The lowest BCUT2D eigenvalue weighted by Gasteiger charge is -2.18. The Morgan fingerprint density at radius 2 is 1.81 bits per heavy atom. The van der Waals surface area contributed by atoms with Gasteiger partial charge in [-0.1, -0.05) is 50.6 Å². The van der Waals surface area contributed by atoms with Crippen molar-refractivity contribution < 1.29 is 14.3 Å². The molecule has 1 amide bonds. The van der Waals surface area contributed by atoms with Gasteiger partial charge in [0.15, 0.2) is 6.10 Å². The van der Waals surface area contributed by atoms with Crippen LogP contribution < -0.4 is 14.8 Å². The Morgan fingerprint density at radius 3 is 2.46 bits per heavy atom. The number of hydrogen-bond acceptors (Lipinski definition) is 3. The minimum atomic E-state index is -0.542. The molecule has 0 bridgehead atoms. The fraction of sp³-hybridized carbons (Fsp3) is 0.381. The lowest BCUT2D eigenvalue weighted by atomic mass is 10.0. The summed E-state index contributed by atoms with van der Waals surface area (Å²) < 4.78 is 11.6. The SMILES string of the molecule is CCC(Oc1ccc(Cl)cc1)C(=O)NCCOc1ccccc1C(C)C. The molecule has 140 valence electrons. The van der Waals surface area contributed by atoms with E-state index in [4.69, 9.17) is 21.1 Å². The van der Waals surface area contributed by atoms with Crippen molar-refractivity contribution in [3.05, 3.63) is 59.1 Å². The van der Waals surface area contributed by atoms with Crippen molar-refractivity contribution in [1.29, 1.82) is 0 Å². The number of hydrogen-bond donors (Lipinski definition) is 1. The number of benzene rings is 2. The Labute approximate surface area is 160 Å². The third-order valence-electron chi connectivity index (χ3n) is 3.96. The Kier molecular flexibility index (Phi) is 7.79. The van der Waals surface area contributed by atoms with Crippen molar-refractivity contribution in [2.24, 2.45) is 0 Å². The molecule has 0 heterocycles. The zero-order chi connectivity index (χ0) is 18.9. The second-order valence-electron chi connectivity index (χ2n) is 6.30. The fourth-order valence-electron chi connectivity index (χ4n) is 2.54. The van der Waals surface area contributed by atoms with Gasteiger partial charge in [0, 0.05) is 5.02 Å². The van der Waals surface area contributed by atoms with E-state index in [0.717, 1.165) is 11.3 Å². The largest absolute Gasteiger partial charge is 0.491 e. The van der Waals surface area contributed by atoms with E-state index in [1.807, 2.05) is 25.1 Å². The van der Waals surface area contributed by atoms with Crippen LogP contribution in [-0.2, 0) is 4.79 Å². The van der Waals surface area contributed by atoms with E-state index in [1.165, 1.54) is 0 Å². The summed E-state index contributed by atoms with van der Waals surface area (Å²) in [5, 5.41) is 3.50. The van der Waals surface area contributed by atoms with E-state index in [0.29, 0.717) is 36.3 Å². The van der Waals surface area contributed by atoms with Gasteiger partial charge < -0.3 is 14.8 Å². The number of amides is 1. The van der Waals surface area contributed by atoms with Gasteiger partial charge >= 0.3 is 0 Å². The van der Waals surface area contributed by atoms with Crippen LogP contribution >= 0.6 is 11.6 Å². The Morgan fingerprint density at radius 1 is 1.12 bits per heavy atom. The zero-order valence-corrected chi connectivity index (χ0v) is 16.3. The van der Waals surface area contributed by atoms with Crippen LogP contribution in [0.3, 0.4) is 0 Å². The number of rotatable bonds is 9. The molecule has 0 aliphatic heterocycles. The lowest BCUT2D eigenvalue weighted by molar-refractivity contribution is -0.128. The monoisotopic (exact) mass is 375 g/mol. The van der Waals surface area contributed by atoms with Crippen molar-refractivity contribution in [2.75, 3.05) is 13.2 Å². The van der Waals surface area contributed by atoms with Crippen LogP contribution in [0.1, 0.15) is 38.7 Å². The maximum absolute atomic E-state index is 12.3. The number of carbonyl (C=O) groups excluding carboxylic acids is 1. The summed E-state index contributed by atoms with van der Waals surface area (Å²) in [4.78, 5) is 12.3. The third-order valence-corrected chi connectivity index (χ3v) is 4.21. The number of ether oxygens (including phenoxy) is 2. The van der Waals surface area contributed by atoms with Crippen LogP contribution in [0.15, 0.2) is 48.5 Å². The van der Waals surface area contributed by atoms with Crippen LogP contribution in [0.5, 0.6) is 11.5 Å². The summed E-state index contributed by atoms with van der Waals surface area (Å²) in [6.45, 7) is 7.00. The lowest BCUT2D eigenvalue weighted by Crippen LogP contribution is -2.39. The highest BCUT2D eigenvalue weighted by atomic mass is 35.5. The summed E-state index contributed by atoms with van der Waals surface area (Å²) in [5.41, 5.74) is 1.16. The average molecular weight is 376 g/mol. The van der Waals surface area contributed by atoms with Crippen LogP contribution in [0.4, 0.5) is 0 Å². The number of para-hydroxylation sites is 1. The molecule has 0 radical (unpaired) electrons. The standard InChI is InChI=1S/C21H26ClNO3/c1-4-19(26-17-11-9-16(22)10-12-17)21(24)23-13-14-25-20-8-6-5-7-18(20)15(2)3/h5-12,15,19H,4,13-14H2,1-3H3,(H,23,24). The molecular formula is C21H26ClNO3. The molecule has 1 N–H and O–H groups in total. The molecule has 1 atom stereocenters. The third kappa shape index (κ3) is 5.95. The van der Waals surface area contributed by atoms with E-state index in [2.05, 4.69) is 25.2 Å². The summed E-state index contributed by atoms with van der Waals surface area (Å²) in [5.74, 6) is 1.72. The highest BCUT2D eigenvalue weighted by Crippen LogP contribution is 2.25. The topological polar surface area (TPSA) is 47.6 Å². The molecule has 2 aromatic carbocycles. The number of carbonyl (C=O) groups is 1. The molecule has 0 fully saturated rings. The van der Waals surface area contributed by atoms with Crippen LogP contribution in [-0.4, -0.2) is 25.2 Å². The summed E-state index contributed by atoms with van der Waals surface area (Å²) in [6, 6.07) is 15.0. The molecule has 26 heavy (non-hydrogen) atoms. The first kappa shape index (κ1) is 20.1. The van der Waals surface area contributed by atoms with E-state index >= 15 is 0 Å². The molecule has 0 aliphatic carbocycles. The van der Waals surface area contributed by atoms with Gasteiger partial charge in [-0.15, -0.1) is 0 Å². The molecule has 5 heteroatoms. The molecule has 0 aromatic heterocycles. The molecule has 0 saturated heterocycles. The molecular weight excluding hydrogens is 350 g/mol. The summed E-state index contributed by atoms with van der Waals surface area (Å²) >= 11 is 5.86. The van der Waals surface area contributed by atoms with Gasteiger partial charge in [0.25, 0.3) is 5.91 Å². The van der Waals surface area contributed by atoms with Crippen LogP contribution in [0.25, 0.3) is 0 Å². The van der Waals surface area contributed by atoms with Crippen LogP contribution in [0.2, 0.25) is 5.02 Å². The summed E-state index contributed by atoms with van der Waals surface area (Å²) in [7, 11) is 0. The predicted octanol–water partition coefficient (Wildman–Crippen LogP) is 4.82. The van der Waals surface area contributed by atoms with E-state index in [9.17, 15) is 4.79 Å². The van der Waals surface area contributed by atoms with Gasteiger partial charge in [-0.25, -0.2) is 0 Å². The van der Waals surface area contributed by atoms with E-state index < -0.39 is 6.10 Å². The molecule has 0 spiro atoms. The first-order valence-corrected chi connectivity index (χ1v) is 9.30. The first-order valence-electron chi connectivity index (χ1n) is 8.93. The van der Waals surface area contributed by atoms with Crippen molar-refractivity contribution in [3.63, 3.8) is 0 Å². The molecule has 1 unspecified atom stereocenters. The molecule has 4 nitrogen and oxygen atoms in total. The van der Waals surface area contributed by atoms with Gasteiger partial charge in [-0.2, -0.15) is 0 Å². The first-order chi connectivity index (χ1) is 12.5. The van der Waals surface area contributed by atoms with Crippen molar-refractivity contribution in [1.82, 2.24) is 5.32 Å². The van der Waals surface area contributed by atoms with Gasteiger partial charge in [-0.3, -0.25) is 4.79 Å². The second-order valence-corrected chi connectivity index (χ2v) is 6.74. The van der Waals surface area contributed by atoms with Gasteiger partial charge in [0.05, 0.1) is 6.54 Å². The van der Waals surface area contributed by atoms with E-state index in [1.54, 1.807) is 24.3 Å². The predicted molar refractivity (Wildman–Crippen MR) is 105 cm³/mol. The zero-order valence-electron chi connectivity index (χ0n) is 15.5. The Balaban J connectivity index is 1.81. The minimum absolute atomic E-state index is 0.150. The van der Waals surface area contributed by atoms with Crippen LogP contribution in [0, 0.1) is 0 Å². The van der Waals surface area contributed by atoms with Crippen molar-refractivity contribution in [2.45, 2.75) is 39.2 Å². The number of halogens is 1. The van der Waals surface area contributed by atoms with Gasteiger partial charge in [-0.05, 0) is 48.2 Å². The van der Waals surface area contributed by atoms with Gasteiger partial charge in [0.2, 0.25) is 0 Å². The minimum Gasteiger partial charge on any atom is -0.491 e. The number of nitrogens with one attached hydrogen (secondary N) is 1. The average Bonchev–Trinajstić information content (AvgIpc) is 2.64. The van der Waals surface area contributed by atoms with Crippen molar-refractivity contribution >= 4 is 17.5 Å². The van der Waals surface area contributed by atoms with Crippen molar-refractivity contribution in [3.8, 4) is 11.5 Å². The highest BCUT2D eigenvalue weighted by Gasteiger charge is 2.18. The summed E-state index contributed by atoms with van der Waals surface area (Å²) in [6.07, 6.45) is 0.0324. The smallest absolute Gasteiger partial charge is 0.261 e. The normalized spacial score (nSPS) is 11.9. The Bertz CT molecular complexity index is 701. The van der Waals surface area contributed by atoms with Gasteiger partial charge in [0.1, 0.15) is 18.1 Å². The molecule has 0 saturated carbocycles. The molecule has 2 rings (SSSR count). The molecule has 2 aromatic rings.